The largest absolute Gasteiger partial charge is 0.586 e. The van der Waals surface area contributed by atoms with Gasteiger partial charge in [-0.3, -0.25) is 4.90 Å². The Morgan fingerprint density at radius 1 is 1.12 bits per heavy atom. The zero-order chi connectivity index (χ0) is 15.9. The third kappa shape index (κ3) is 3.35. The number of alkyl halides is 2. The van der Waals surface area contributed by atoms with Crippen molar-refractivity contribution in [1.29, 1.82) is 0 Å². The second-order valence-corrected chi connectivity index (χ2v) is 6.56. The van der Waals surface area contributed by atoms with Crippen molar-refractivity contribution in [3.8, 4) is 11.5 Å². The Balaban J connectivity index is 0.00000169. The molecule has 0 radical (unpaired) electrons. The SMILES string of the molecule is Cl.FC1(F)Oc2ccc([C@H](c3cccs3)N3CCNCC3)cc2O1. The zero-order valence-corrected chi connectivity index (χ0v) is 14.3. The van der Waals surface area contributed by atoms with Gasteiger partial charge in [-0.1, -0.05) is 12.1 Å². The number of hydrogen-bond donors (Lipinski definition) is 1. The van der Waals surface area contributed by atoms with Crippen LogP contribution in [0, 0.1) is 0 Å². The van der Waals surface area contributed by atoms with Crippen molar-refractivity contribution in [2.75, 3.05) is 26.2 Å². The highest BCUT2D eigenvalue weighted by atomic mass is 35.5. The van der Waals surface area contributed by atoms with Gasteiger partial charge in [0.1, 0.15) is 0 Å². The highest BCUT2D eigenvalue weighted by molar-refractivity contribution is 7.10. The molecule has 3 heterocycles. The minimum Gasteiger partial charge on any atom is -0.395 e. The fourth-order valence-corrected chi connectivity index (χ4v) is 3.96. The number of nitrogens with zero attached hydrogens (tertiary/aromatic N) is 1. The van der Waals surface area contributed by atoms with Gasteiger partial charge in [0.05, 0.1) is 6.04 Å². The summed E-state index contributed by atoms with van der Waals surface area (Å²) in [5.41, 5.74) is 0.939. The van der Waals surface area contributed by atoms with Gasteiger partial charge in [-0.25, -0.2) is 0 Å². The maximum absolute atomic E-state index is 13.2. The third-order valence-electron chi connectivity index (χ3n) is 4.07. The maximum atomic E-state index is 13.2. The third-order valence-corrected chi connectivity index (χ3v) is 5.00. The van der Waals surface area contributed by atoms with Crippen LogP contribution in [0.3, 0.4) is 0 Å². The van der Waals surface area contributed by atoms with E-state index in [0.717, 1.165) is 31.7 Å². The van der Waals surface area contributed by atoms with Crippen molar-refractivity contribution in [3.05, 3.63) is 46.2 Å². The molecule has 130 valence electrons. The summed E-state index contributed by atoms with van der Waals surface area (Å²) in [6, 6.07) is 9.21. The Morgan fingerprint density at radius 2 is 1.88 bits per heavy atom. The molecule has 1 atom stereocenters. The summed E-state index contributed by atoms with van der Waals surface area (Å²) >= 11 is 1.67. The lowest BCUT2D eigenvalue weighted by Crippen LogP contribution is -2.45. The maximum Gasteiger partial charge on any atom is 0.586 e. The molecule has 1 fully saturated rings. The minimum absolute atomic E-state index is 0. The summed E-state index contributed by atoms with van der Waals surface area (Å²) in [5.74, 6) is 0.188. The van der Waals surface area contributed by atoms with Gasteiger partial charge in [0, 0.05) is 31.1 Å². The molecule has 8 heteroatoms. The van der Waals surface area contributed by atoms with Crippen molar-refractivity contribution < 1.29 is 18.3 Å². The van der Waals surface area contributed by atoms with Gasteiger partial charge in [-0.15, -0.1) is 32.5 Å². The van der Waals surface area contributed by atoms with Crippen molar-refractivity contribution in [3.63, 3.8) is 0 Å². The number of benzene rings is 1. The van der Waals surface area contributed by atoms with E-state index in [1.54, 1.807) is 23.5 Å². The molecular weight excluding hydrogens is 358 g/mol. The molecule has 2 aliphatic heterocycles. The standard InChI is InChI=1S/C16H16F2N2O2S.ClH/c17-16(18)21-12-4-3-11(10-13(12)22-16)15(14-2-1-9-23-14)20-7-5-19-6-8-20;/h1-4,9-10,15,19H,5-8H2;1H/t15-;/m1./s1. The highest BCUT2D eigenvalue weighted by Gasteiger charge is 2.43. The first-order valence-electron chi connectivity index (χ1n) is 7.50. The smallest absolute Gasteiger partial charge is 0.395 e. The summed E-state index contributed by atoms with van der Waals surface area (Å²) in [5, 5.41) is 5.37. The van der Waals surface area contributed by atoms with E-state index in [4.69, 9.17) is 0 Å². The second kappa shape index (κ2) is 6.84. The molecule has 2 aromatic rings. The Hall–Kier alpha value is -1.41. The van der Waals surface area contributed by atoms with Crippen LogP contribution in [-0.4, -0.2) is 37.4 Å². The lowest BCUT2D eigenvalue weighted by atomic mass is 10.0. The fraction of sp³-hybridized carbons (Fsp3) is 0.375. The van der Waals surface area contributed by atoms with Crippen molar-refractivity contribution in [1.82, 2.24) is 10.2 Å². The molecule has 0 amide bonds. The lowest BCUT2D eigenvalue weighted by Gasteiger charge is -2.34. The average molecular weight is 375 g/mol. The lowest BCUT2D eigenvalue weighted by molar-refractivity contribution is -0.286. The van der Waals surface area contributed by atoms with Crippen molar-refractivity contribution >= 4 is 23.7 Å². The predicted octanol–water partition coefficient (Wildman–Crippen LogP) is 3.49. The van der Waals surface area contributed by atoms with E-state index in [2.05, 4.69) is 25.8 Å². The van der Waals surface area contributed by atoms with Crippen LogP contribution in [0.15, 0.2) is 35.7 Å². The first-order valence-corrected chi connectivity index (χ1v) is 8.38. The molecule has 1 N–H and O–H groups in total. The normalized spacial score (nSPS) is 20.4. The molecule has 1 aromatic carbocycles. The van der Waals surface area contributed by atoms with Crippen LogP contribution in [0.2, 0.25) is 0 Å². The minimum atomic E-state index is -3.57. The van der Waals surface area contributed by atoms with Gasteiger partial charge >= 0.3 is 6.29 Å². The molecule has 2 aliphatic rings. The Kier molecular flexibility index (Phi) is 4.96. The molecule has 0 saturated carbocycles. The van der Waals surface area contributed by atoms with Crippen LogP contribution in [0.1, 0.15) is 16.5 Å². The molecule has 4 rings (SSSR count). The summed E-state index contributed by atoms with van der Waals surface area (Å²) in [7, 11) is 0. The molecule has 4 nitrogen and oxygen atoms in total. The van der Waals surface area contributed by atoms with Gasteiger partial charge in [0.15, 0.2) is 11.5 Å². The van der Waals surface area contributed by atoms with Crippen LogP contribution in [0.5, 0.6) is 11.5 Å². The van der Waals surface area contributed by atoms with Crippen LogP contribution < -0.4 is 14.8 Å². The molecule has 0 aliphatic carbocycles. The molecule has 24 heavy (non-hydrogen) atoms. The number of nitrogens with one attached hydrogen (secondary N) is 1. The Labute approximate surface area is 148 Å². The van der Waals surface area contributed by atoms with Gasteiger partial charge < -0.3 is 14.8 Å². The monoisotopic (exact) mass is 374 g/mol. The zero-order valence-electron chi connectivity index (χ0n) is 12.7. The summed E-state index contributed by atoms with van der Waals surface area (Å²) in [6.45, 7) is 3.66. The molecule has 0 spiro atoms. The number of fused-ring (bicyclic) bond motifs is 1. The molecule has 0 unspecified atom stereocenters. The first kappa shape index (κ1) is 17.4. The fourth-order valence-electron chi connectivity index (χ4n) is 3.08. The van der Waals surface area contributed by atoms with E-state index in [-0.39, 0.29) is 29.9 Å². The number of thiophene rings is 1. The van der Waals surface area contributed by atoms with Crippen LogP contribution in [0.25, 0.3) is 0 Å². The van der Waals surface area contributed by atoms with Gasteiger partial charge in [-0.2, -0.15) is 0 Å². The number of rotatable bonds is 3. The van der Waals surface area contributed by atoms with E-state index < -0.39 is 6.29 Å². The highest BCUT2D eigenvalue weighted by Crippen LogP contribution is 2.43. The molecular formula is C16H17ClF2N2O2S. The van der Waals surface area contributed by atoms with Crippen LogP contribution >= 0.6 is 23.7 Å². The van der Waals surface area contributed by atoms with E-state index >= 15 is 0 Å². The van der Waals surface area contributed by atoms with E-state index in [0.29, 0.717) is 0 Å². The quantitative estimate of drug-likeness (QED) is 0.891. The summed E-state index contributed by atoms with van der Waals surface area (Å²) < 4.78 is 35.6. The Bertz CT molecular complexity index is 693. The first-order chi connectivity index (χ1) is 11.1. The van der Waals surface area contributed by atoms with Gasteiger partial charge in [0.2, 0.25) is 0 Å². The summed E-state index contributed by atoms with van der Waals surface area (Å²) in [6.07, 6.45) is -3.57. The Morgan fingerprint density at radius 3 is 2.58 bits per heavy atom. The van der Waals surface area contributed by atoms with E-state index in [9.17, 15) is 8.78 Å². The van der Waals surface area contributed by atoms with E-state index in [1.165, 1.54) is 4.88 Å². The molecule has 1 aromatic heterocycles. The number of ether oxygens (including phenoxy) is 2. The van der Waals surface area contributed by atoms with Crippen molar-refractivity contribution in [2.45, 2.75) is 12.3 Å². The van der Waals surface area contributed by atoms with Crippen LogP contribution in [0.4, 0.5) is 8.78 Å². The molecule has 0 bridgehead atoms. The topological polar surface area (TPSA) is 33.7 Å². The number of piperazine rings is 1. The molecule has 1 saturated heterocycles. The van der Waals surface area contributed by atoms with Gasteiger partial charge in [0.25, 0.3) is 0 Å². The number of hydrogen-bond acceptors (Lipinski definition) is 5. The predicted molar refractivity (Wildman–Crippen MR) is 90.5 cm³/mol. The average Bonchev–Trinajstić information content (AvgIpc) is 3.14. The van der Waals surface area contributed by atoms with Crippen molar-refractivity contribution in [2.24, 2.45) is 0 Å². The summed E-state index contributed by atoms with van der Waals surface area (Å²) in [4.78, 5) is 3.55. The van der Waals surface area contributed by atoms with E-state index in [1.807, 2.05) is 17.5 Å². The van der Waals surface area contributed by atoms with Gasteiger partial charge in [-0.05, 0) is 29.1 Å². The second-order valence-electron chi connectivity index (χ2n) is 5.58. The number of halogens is 3. The van der Waals surface area contributed by atoms with Crippen LogP contribution in [-0.2, 0) is 0 Å².